The van der Waals surface area contributed by atoms with Gasteiger partial charge in [0, 0.05) is 40.8 Å². The summed E-state index contributed by atoms with van der Waals surface area (Å²) in [6, 6.07) is 14.3. The summed E-state index contributed by atoms with van der Waals surface area (Å²) in [5.74, 6) is -0.787. The molecular weight excluding hydrogens is 368 g/mol. The van der Waals surface area contributed by atoms with Gasteiger partial charge in [-0.1, -0.05) is 24.3 Å². The lowest BCUT2D eigenvalue weighted by Crippen LogP contribution is -2.26. The standard InChI is InChI=1S/C23H22N2O4/c1-14-21(18-9-3-4-10-19(18)24-14)22(27)15(2)29-23(28)16-7-5-8-17(13-16)25-12-6-11-20(25)26/h3-5,7-10,13,15,24H,6,11-12H2,1-2H3/t15-/m0/s1. The Balaban J connectivity index is 1.53. The number of anilines is 1. The molecule has 6 nitrogen and oxygen atoms in total. The normalized spacial score (nSPS) is 15.0. The molecule has 1 saturated heterocycles. The number of esters is 1. The fourth-order valence-corrected chi connectivity index (χ4v) is 3.80. The molecule has 0 aliphatic carbocycles. The number of ether oxygens (including phenoxy) is 1. The number of Topliss-reactive ketones (excluding diaryl/α,β-unsaturated/α-hetero) is 1. The third-order valence-electron chi connectivity index (χ3n) is 5.26. The number of ketones is 1. The highest BCUT2D eigenvalue weighted by atomic mass is 16.5. The Labute approximate surface area is 168 Å². The molecule has 0 bridgehead atoms. The minimum atomic E-state index is -0.933. The highest BCUT2D eigenvalue weighted by Crippen LogP contribution is 2.25. The average molecular weight is 390 g/mol. The molecule has 29 heavy (non-hydrogen) atoms. The predicted octanol–water partition coefficient (Wildman–Crippen LogP) is 4.03. The van der Waals surface area contributed by atoms with Crippen molar-refractivity contribution in [3.63, 3.8) is 0 Å². The average Bonchev–Trinajstić information content (AvgIpc) is 3.29. The van der Waals surface area contributed by atoms with Gasteiger partial charge in [-0.2, -0.15) is 0 Å². The molecule has 1 aromatic heterocycles. The summed E-state index contributed by atoms with van der Waals surface area (Å²) in [5, 5.41) is 0.812. The Morgan fingerprint density at radius 2 is 1.93 bits per heavy atom. The van der Waals surface area contributed by atoms with Crippen molar-refractivity contribution >= 4 is 34.3 Å². The van der Waals surface area contributed by atoms with Crippen molar-refractivity contribution in [2.75, 3.05) is 11.4 Å². The quantitative estimate of drug-likeness (QED) is 0.527. The highest BCUT2D eigenvalue weighted by Gasteiger charge is 2.26. The van der Waals surface area contributed by atoms with E-state index in [-0.39, 0.29) is 11.7 Å². The fourth-order valence-electron chi connectivity index (χ4n) is 3.80. The third kappa shape index (κ3) is 3.53. The number of nitrogens with one attached hydrogen (secondary N) is 1. The fraction of sp³-hybridized carbons (Fsp3) is 0.261. The molecule has 1 fully saturated rings. The first-order valence-corrected chi connectivity index (χ1v) is 9.68. The lowest BCUT2D eigenvalue weighted by molar-refractivity contribution is -0.117. The van der Waals surface area contributed by atoms with Crippen molar-refractivity contribution in [3.8, 4) is 0 Å². The zero-order valence-corrected chi connectivity index (χ0v) is 16.4. The predicted molar refractivity (Wildman–Crippen MR) is 110 cm³/mol. The highest BCUT2D eigenvalue weighted by molar-refractivity contribution is 6.11. The molecule has 3 aromatic rings. The van der Waals surface area contributed by atoms with Crippen LogP contribution in [0.15, 0.2) is 48.5 Å². The van der Waals surface area contributed by atoms with Gasteiger partial charge in [0.25, 0.3) is 0 Å². The topological polar surface area (TPSA) is 79.5 Å². The van der Waals surface area contributed by atoms with Crippen LogP contribution in [0.1, 0.15) is 46.2 Å². The van der Waals surface area contributed by atoms with Gasteiger partial charge in [0.05, 0.1) is 5.56 Å². The smallest absolute Gasteiger partial charge is 0.338 e. The Bertz CT molecular complexity index is 1120. The first-order valence-electron chi connectivity index (χ1n) is 9.68. The lowest BCUT2D eigenvalue weighted by Gasteiger charge is -2.17. The van der Waals surface area contributed by atoms with Crippen LogP contribution >= 0.6 is 0 Å². The molecule has 2 heterocycles. The second kappa shape index (κ2) is 7.54. The summed E-state index contributed by atoms with van der Waals surface area (Å²) in [6.07, 6.45) is 0.394. The molecule has 1 atom stereocenters. The van der Waals surface area contributed by atoms with Gasteiger partial charge in [0.2, 0.25) is 11.7 Å². The number of rotatable bonds is 5. The van der Waals surface area contributed by atoms with Crippen LogP contribution in [0.2, 0.25) is 0 Å². The first-order chi connectivity index (χ1) is 14.0. The number of hydrogen-bond acceptors (Lipinski definition) is 4. The Morgan fingerprint density at radius 3 is 2.69 bits per heavy atom. The van der Waals surface area contributed by atoms with Crippen LogP contribution in [0.3, 0.4) is 0 Å². The molecule has 1 aliphatic rings. The number of aryl methyl sites for hydroxylation is 1. The molecular formula is C23H22N2O4. The second-order valence-electron chi connectivity index (χ2n) is 7.28. The summed E-state index contributed by atoms with van der Waals surface area (Å²) < 4.78 is 5.46. The van der Waals surface area contributed by atoms with Crippen molar-refractivity contribution in [2.24, 2.45) is 0 Å². The van der Waals surface area contributed by atoms with E-state index in [0.717, 1.165) is 23.0 Å². The number of aromatic nitrogens is 1. The van der Waals surface area contributed by atoms with Crippen molar-refractivity contribution in [3.05, 3.63) is 65.4 Å². The van der Waals surface area contributed by atoms with Gasteiger partial charge in [-0.3, -0.25) is 9.59 Å². The molecule has 6 heteroatoms. The first kappa shape index (κ1) is 18.9. The maximum absolute atomic E-state index is 13.0. The third-order valence-corrected chi connectivity index (χ3v) is 5.26. The summed E-state index contributed by atoms with van der Waals surface area (Å²) in [6.45, 7) is 4.06. The number of benzene rings is 2. The number of fused-ring (bicyclic) bond motifs is 1. The molecule has 0 radical (unpaired) electrons. The number of aromatic amines is 1. The molecule has 4 rings (SSSR count). The van der Waals surface area contributed by atoms with E-state index in [1.807, 2.05) is 31.2 Å². The SMILES string of the molecule is Cc1[nH]c2ccccc2c1C(=O)[C@H](C)OC(=O)c1cccc(N2CCCC2=O)c1. The van der Waals surface area contributed by atoms with Crippen molar-refractivity contribution < 1.29 is 19.1 Å². The minimum absolute atomic E-state index is 0.0499. The molecule has 1 aliphatic heterocycles. The number of carbonyl (C=O) groups excluding carboxylic acids is 3. The van der Waals surface area contributed by atoms with E-state index in [2.05, 4.69) is 4.98 Å². The van der Waals surface area contributed by atoms with E-state index in [9.17, 15) is 14.4 Å². The molecule has 0 saturated carbocycles. The van der Waals surface area contributed by atoms with E-state index < -0.39 is 12.1 Å². The van der Waals surface area contributed by atoms with Gasteiger partial charge in [0.15, 0.2) is 6.10 Å². The van der Waals surface area contributed by atoms with Crippen LogP contribution in [0.5, 0.6) is 0 Å². The molecule has 148 valence electrons. The molecule has 2 aromatic carbocycles. The maximum atomic E-state index is 13.0. The van der Waals surface area contributed by atoms with Gasteiger partial charge in [0.1, 0.15) is 0 Å². The molecule has 1 N–H and O–H groups in total. The molecule has 0 unspecified atom stereocenters. The van der Waals surface area contributed by atoms with Crippen LogP contribution < -0.4 is 4.90 Å². The number of H-pyrrole nitrogens is 1. The number of hydrogen-bond donors (Lipinski definition) is 1. The van der Waals surface area contributed by atoms with Gasteiger partial charge < -0.3 is 14.6 Å². The van der Waals surface area contributed by atoms with E-state index in [0.29, 0.717) is 29.8 Å². The molecule has 0 spiro atoms. The second-order valence-corrected chi connectivity index (χ2v) is 7.28. The summed E-state index contributed by atoms with van der Waals surface area (Å²) in [7, 11) is 0. The van der Waals surface area contributed by atoms with Crippen LogP contribution in [0, 0.1) is 6.92 Å². The zero-order chi connectivity index (χ0) is 20.5. The number of para-hydroxylation sites is 1. The van der Waals surface area contributed by atoms with Crippen LogP contribution in [0.4, 0.5) is 5.69 Å². The van der Waals surface area contributed by atoms with Crippen molar-refractivity contribution in [2.45, 2.75) is 32.8 Å². The lowest BCUT2D eigenvalue weighted by atomic mass is 10.0. The van der Waals surface area contributed by atoms with E-state index >= 15 is 0 Å². The summed E-state index contributed by atoms with van der Waals surface area (Å²) in [5.41, 5.74) is 3.15. The summed E-state index contributed by atoms with van der Waals surface area (Å²) in [4.78, 5) is 42.4. The van der Waals surface area contributed by atoms with Crippen LogP contribution in [0.25, 0.3) is 10.9 Å². The van der Waals surface area contributed by atoms with E-state index in [1.54, 1.807) is 36.1 Å². The van der Waals surface area contributed by atoms with Crippen LogP contribution in [-0.2, 0) is 9.53 Å². The number of carbonyl (C=O) groups is 3. The van der Waals surface area contributed by atoms with Crippen LogP contribution in [-0.4, -0.2) is 35.3 Å². The largest absolute Gasteiger partial charge is 0.451 e. The monoisotopic (exact) mass is 390 g/mol. The summed E-state index contributed by atoms with van der Waals surface area (Å²) >= 11 is 0. The Kier molecular flexibility index (Phi) is 4.92. The minimum Gasteiger partial charge on any atom is -0.451 e. The van der Waals surface area contributed by atoms with Crippen molar-refractivity contribution in [1.82, 2.24) is 4.98 Å². The Hall–Kier alpha value is -3.41. The number of nitrogens with zero attached hydrogens (tertiary/aromatic N) is 1. The van der Waals surface area contributed by atoms with E-state index in [4.69, 9.17) is 4.74 Å². The zero-order valence-electron chi connectivity index (χ0n) is 16.4. The van der Waals surface area contributed by atoms with Gasteiger partial charge >= 0.3 is 5.97 Å². The Morgan fingerprint density at radius 1 is 1.14 bits per heavy atom. The molecule has 1 amide bonds. The van der Waals surface area contributed by atoms with Gasteiger partial charge in [-0.25, -0.2) is 4.79 Å². The number of amides is 1. The van der Waals surface area contributed by atoms with Crippen molar-refractivity contribution in [1.29, 1.82) is 0 Å². The maximum Gasteiger partial charge on any atom is 0.338 e. The van der Waals surface area contributed by atoms with E-state index in [1.165, 1.54) is 0 Å². The van der Waals surface area contributed by atoms with Gasteiger partial charge in [-0.15, -0.1) is 0 Å². The van der Waals surface area contributed by atoms with Gasteiger partial charge in [-0.05, 0) is 44.5 Å².